The van der Waals surface area contributed by atoms with Gasteiger partial charge in [-0.25, -0.2) is 0 Å². The Morgan fingerprint density at radius 1 is 1.30 bits per heavy atom. The molecule has 1 saturated carbocycles. The fraction of sp³-hybridized carbons (Fsp3) is 0.333. The minimum absolute atomic E-state index is 0.249. The molecule has 0 saturated heterocycles. The first-order valence-electron chi connectivity index (χ1n) is 6.59. The molecule has 0 unspecified atom stereocenters. The number of aliphatic carboxylic acids is 1. The van der Waals surface area contributed by atoms with Crippen LogP contribution in [0.3, 0.4) is 0 Å². The number of rotatable bonds is 6. The molecule has 1 aromatic rings. The molecule has 2 rings (SSSR count). The predicted octanol–water partition coefficient (Wildman–Crippen LogP) is 1.61. The molecule has 1 aliphatic rings. The molecule has 0 aromatic heterocycles. The van der Waals surface area contributed by atoms with Gasteiger partial charge in [0.1, 0.15) is 6.54 Å². The van der Waals surface area contributed by atoms with Crippen LogP contribution in [0.4, 0.5) is 5.69 Å². The topological polar surface area (TPSA) is 83.6 Å². The molecule has 0 heterocycles. The first-order valence-corrected chi connectivity index (χ1v) is 6.59. The standard InChI is InChI=1S/C15H18N2O3/c16-13-6-3-11(4-7-13)5-8-14(18)17(10-15(19)20)9-12-1-2-12/h3-8,12H,1-2,9-10,16H2,(H,19,20)/b8-5+. The van der Waals surface area contributed by atoms with Gasteiger partial charge in [0, 0.05) is 18.3 Å². The summed E-state index contributed by atoms with van der Waals surface area (Å²) in [6.45, 7) is 0.276. The summed E-state index contributed by atoms with van der Waals surface area (Å²) in [7, 11) is 0. The molecule has 1 amide bonds. The maximum Gasteiger partial charge on any atom is 0.323 e. The molecule has 3 N–H and O–H groups in total. The van der Waals surface area contributed by atoms with Crippen molar-refractivity contribution in [2.45, 2.75) is 12.8 Å². The number of carbonyl (C=O) groups is 2. The molecule has 106 valence electrons. The third-order valence-corrected chi connectivity index (χ3v) is 3.17. The lowest BCUT2D eigenvalue weighted by Gasteiger charge is -2.18. The van der Waals surface area contributed by atoms with E-state index < -0.39 is 5.97 Å². The number of anilines is 1. The Morgan fingerprint density at radius 3 is 2.50 bits per heavy atom. The van der Waals surface area contributed by atoms with E-state index in [4.69, 9.17) is 10.8 Å². The zero-order valence-electron chi connectivity index (χ0n) is 11.2. The average molecular weight is 274 g/mol. The lowest BCUT2D eigenvalue weighted by molar-refractivity contribution is -0.142. The molecule has 0 aliphatic heterocycles. The van der Waals surface area contributed by atoms with Crippen molar-refractivity contribution in [2.75, 3.05) is 18.8 Å². The van der Waals surface area contributed by atoms with E-state index in [0.29, 0.717) is 18.2 Å². The van der Waals surface area contributed by atoms with Crippen molar-refractivity contribution < 1.29 is 14.7 Å². The number of carbonyl (C=O) groups excluding carboxylic acids is 1. The van der Waals surface area contributed by atoms with Gasteiger partial charge in [-0.2, -0.15) is 0 Å². The summed E-state index contributed by atoms with van der Waals surface area (Å²) in [5, 5.41) is 8.85. The largest absolute Gasteiger partial charge is 0.480 e. The third-order valence-electron chi connectivity index (χ3n) is 3.17. The number of carboxylic acid groups (broad SMARTS) is 1. The normalized spacial score (nSPS) is 14.4. The summed E-state index contributed by atoms with van der Waals surface area (Å²) in [5.74, 6) is -0.792. The van der Waals surface area contributed by atoms with Crippen molar-refractivity contribution in [3.63, 3.8) is 0 Å². The number of nitrogen functional groups attached to an aromatic ring is 1. The molecular weight excluding hydrogens is 256 g/mol. The molecule has 0 bridgehead atoms. The highest BCUT2D eigenvalue weighted by molar-refractivity contribution is 5.93. The molecule has 1 aliphatic carbocycles. The summed E-state index contributed by atoms with van der Waals surface area (Å²) >= 11 is 0. The minimum Gasteiger partial charge on any atom is -0.480 e. The Morgan fingerprint density at radius 2 is 1.95 bits per heavy atom. The van der Waals surface area contributed by atoms with Crippen LogP contribution in [0.15, 0.2) is 30.3 Å². The summed E-state index contributed by atoms with van der Waals surface area (Å²) in [5.41, 5.74) is 7.10. The number of nitrogens with zero attached hydrogens (tertiary/aromatic N) is 1. The summed E-state index contributed by atoms with van der Waals surface area (Å²) in [6.07, 6.45) is 5.23. The van der Waals surface area contributed by atoms with E-state index in [2.05, 4.69) is 0 Å². The molecule has 20 heavy (non-hydrogen) atoms. The number of amides is 1. The molecule has 1 aromatic carbocycles. The zero-order chi connectivity index (χ0) is 14.5. The van der Waals surface area contributed by atoms with Crippen molar-refractivity contribution >= 4 is 23.6 Å². The Labute approximate surface area is 117 Å². The van der Waals surface area contributed by atoms with Crippen LogP contribution >= 0.6 is 0 Å². The number of benzene rings is 1. The maximum atomic E-state index is 12.0. The number of nitrogens with two attached hydrogens (primary N) is 1. The van der Waals surface area contributed by atoms with Gasteiger partial charge < -0.3 is 15.7 Å². The lowest BCUT2D eigenvalue weighted by atomic mass is 10.2. The van der Waals surface area contributed by atoms with Crippen LogP contribution < -0.4 is 5.73 Å². The number of hydrogen-bond donors (Lipinski definition) is 2. The van der Waals surface area contributed by atoms with E-state index >= 15 is 0 Å². The van der Waals surface area contributed by atoms with E-state index in [1.807, 2.05) is 12.1 Å². The van der Waals surface area contributed by atoms with Crippen LogP contribution in [0.2, 0.25) is 0 Å². The van der Waals surface area contributed by atoms with Crippen molar-refractivity contribution in [2.24, 2.45) is 5.92 Å². The van der Waals surface area contributed by atoms with Crippen LogP contribution in [-0.2, 0) is 9.59 Å². The molecule has 0 atom stereocenters. The van der Waals surface area contributed by atoms with E-state index in [-0.39, 0.29) is 12.5 Å². The lowest BCUT2D eigenvalue weighted by Crippen LogP contribution is -2.36. The fourth-order valence-corrected chi connectivity index (χ4v) is 1.89. The van der Waals surface area contributed by atoms with E-state index in [9.17, 15) is 9.59 Å². The van der Waals surface area contributed by atoms with Crippen LogP contribution in [0.5, 0.6) is 0 Å². The van der Waals surface area contributed by atoms with Crippen molar-refractivity contribution in [3.05, 3.63) is 35.9 Å². The fourth-order valence-electron chi connectivity index (χ4n) is 1.89. The van der Waals surface area contributed by atoms with Gasteiger partial charge in [-0.05, 0) is 42.5 Å². The van der Waals surface area contributed by atoms with Gasteiger partial charge in [0.2, 0.25) is 5.91 Å². The SMILES string of the molecule is Nc1ccc(/C=C/C(=O)N(CC(=O)O)CC2CC2)cc1. The Balaban J connectivity index is 1.98. The summed E-state index contributed by atoms with van der Waals surface area (Å²) in [6, 6.07) is 7.12. The van der Waals surface area contributed by atoms with Crippen molar-refractivity contribution in [1.82, 2.24) is 4.90 Å². The minimum atomic E-state index is -0.986. The molecule has 0 radical (unpaired) electrons. The van der Waals surface area contributed by atoms with Gasteiger partial charge >= 0.3 is 5.97 Å². The Bertz CT molecular complexity index is 518. The highest BCUT2D eigenvalue weighted by atomic mass is 16.4. The van der Waals surface area contributed by atoms with Crippen LogP contribution in [0, 0.1) is 5.92 Å². The Kier molecular flexibility index (Phi) is 4.40. The third kappa shape index (κ3) is 4.42. The zero-order valence-corrected chi connectivity index (χ0v) is 11.2. The maximum absolute atomic E-state index is 12.0. The summed E-state index contributed by atoms with van der Waals surface area (Å²) in [4.78, 5) is 24.2. The molecule has 0 spiro atoms. The monoisotopic (exact) mass is 274 g/mol. The van der Waals surface area contributed by atoms with Gasteiger partial charge in [-0.3, -0.25) is 9.59 Å². The van der Waals surface area contributed by atoms with Crippen molar-refractivity contribution in [1.29, 1.82) is 0 Å². The second kappa shape index (κ2) is 6.23. The van der Waals surface area contributed by atoms with E-state index in [1.165, 1.54) is 11.0 Å². The molecule has 5 nitrogen and oxygen atoms in total. The average Bonchev–Trinajstić information content (AvgIpc) is 3.20. The smallest absolute Gasteiger partial charge is 0.323 e. The van der Waals surface area contributed by atoms with E-state index in [0.717, 1.165) is 18.4 Å². The highest BCUT2D eigenvalue weighted by Crippen LogP contribution is 2.29. The first-order chi connectivity index (χ1) is 9.54. The van der Waals surface area contributed by atoms with E-state index in [1.54, 1.807) is 18.2 Å². The van der Waals surface area contributed by atoms with Gasteiger partial charge in [-0.1, -0.05) is 12.1 Å². The predicted molar refractivity (Wildman–Crippen MR) is 76.8 cm³/mol. The van der Waals surface area contributed by atoms with Crippen LogP contribution in [-0.4, -0.2) is 35.0 Å². The van der Waals surface area contributed by atoms with Gasteiger partial charge in [0.25, 0.3) is 0 Å². The quantitative estimate of drug-likeness (QED) is 0.609. The first kappa shape index (κ1) is 14.1. The van der Waals surface area contributed by atoms with Gasteiger partial charge in [-0.15, -0.1) is 0 Å². The second-order valence-electron chi connectivity index (χ2n) is 5.06. The highest BCUT2D eigenvalue weighted by Gasteiger charge is 2.26. The second-order valence-corrected chi connectivity index (χ2v) is 5.06. The van der Waals surface area contributed by atoms with Crippen LogP contribution in [0.25, 0.3) is 6.08 Å². The van der Waals surface area contributed by atoms with Crippen molar-refractivity contribution in [3.8, 4) is 0 Å². The number of carboxylic acids is 1. The molecular formula is C15H18N2O3. The number of hydrogen-bond acceptors (Lipinski definition) is 3. The van der Waals surface area contributed by atoms with Gasteiger partial charge in [0.15, 0.2) is 0 Å². The Hall–Kier alpha value is -2.30. The van der Waals surface area contributed by atoms with Gasteiger partial charge in [0.05, 0.1) is 0 Å². The molecule has 1 fully saturated rings. The van der Waals surface area contributed by atoms with Crippen LogP contribution in [0.1, 0.15) is 18.4 Å². The molecule has 5 heteroatoms. The summed E-state index contributed by atoms with van der Waals surface area (Å²) < 4.78 is 0.